The second-order valence-electron chi connectivity index (χ2n) is 7.72. The smallest absolute Gasteiger partial charge is 0.497 e. The molecule has 2 aromatic carbocycles. The number of ether oxygens (including phenoxy) is 1. The minimum atomic E-state index is -5.53. The molecule has 2 aliphatic rings. The molecule has 1 fully saturated rings. The summed E-state index contributed by atoms with van der Waals surface area (Å²) in [6.45, 7) is -0.164. The number of benzene rings is 2. The van der Waals surface area contributed by atoms with Gasteiger partial charge in [-0.15, -0.1) is 0 Å². The Bertz CT molecular complexity index is 1410. The van der Waals surface area contributed by atoms with Gasteiger partial charge in [0.1, 0.15) is 5.75 Å². The van der Waals surface area contributed by atoms with Crippen molar-refractivity contribution in [2.75, 3.05) is 13.7 Å². The Hall–Kier alpha value is -4.05. The molecule has 0 radical (unpaired) electrons. The second kappa shape index (κ2) is 8.31. The molecule has 182 valence electrons. The van der Waals surface area contributed by atoms with E-state index in [2.05, 4.69) is 22.5 Å². The van der Waals surface area contributed by atoms with Gasteiger partial charge in [-0.25, -0.2) is 13.2 Å². The number of urea groups is 1. The first-order valence-electron chi connectivity index (χ1n) is 9.91. The number of sulfone groups is 1. The molecular formula is C22H16F3N3O6S. The van der Waals surface area contributed by atoms with E-state index in [1.54, 1.807) is 18.2 Å². The molecular weight excluding hydrogens is 491 g/mol. The SMILES string of the molecule is COc1ccc2c(c1)C(=O)N(C[C@@]1(C#Cc3ccc(S(=O)(=O)C(F)(F)F)cc3)NC(=O)NC1=O)C2. The normalized spacial score (nSPS) is 19.5. The molecule has 0 spiro atoms. The summed E-state index contributed by atoms with van der Waals surface area (Å²) >= 11 is 0. The zero-order chi connectivity index (χ0) is 25.6. The van der Waals surface area contributed by atoms with Crippen molar-refractivity contribution in [3.05, 3.63) is 59.2 Å². The lowest BCUT2D eigenvalue weighted by Gasteiger charge is -2.26. The van der Waals surface area contributed by atoms with E-state index in [4.69, 9.17) is 4.74 Å². The van der Waals surface area contributed by atoms with Crippen molar-refractivity contribution >= 4 is 27.7 Å². The first-order valence-corrected chi connectivity index (χ1v) is 11.4. The third-order valence-corrected chi connectivity index (χ3v) is 6.96. The zero-order valence-corrected chi connectivity index (χ0v) is 18.7. The number of amides is 4. The standard InChI is InChI=1S/C22H16F3N3O6S/c1-34-15-5-4-14-11-28(18(29)17(14)10-15)12-21(19(30)26-20(31)27-21)9-8-13-2-6-16(7-3-13)35(32,33)22(23,24)25/h2-7,10H,11-12H2,1H3,(H2,26,27,30,31)/t21-/m1/s1. The van der Waals surface area contributed by atoms with Gasteiger partial charge in [0.05, 0.1) is 18.6 Å². The van der Waals surface area contributed by atoms with E-state index in [1.165, 1.54) is 12.0 Å². The zero-order valence-electron chi connectivity index (χ0n) is 17.9. The predicted octanol–water partition coefficient (Wildman–Crippen LogP) is 1.57. The molecule has 2 aromatic rings. The molecule has 0 unspecified atom stereocenters. The van der Waals surface area contributed by atoms with E-state index < -0.39 is 43.6 Å². The largest absolute Gasteiger partial charge is 0.501 e. The fourth-order valence-electron chi connectivity index (χ4n) is 3.64. The van der Waals surface area contributed by atoms with Gasteiger partial charge in [-0.05, 0) is 42.0 Å². The lowest BCUT2D eigenvalue weighted by Crippen LogP contribution is -2.54. The molecule has 0 saturated carbocycles. The summed E-state index contributed by atoms with van der Waals surface area (Å²) < 4.78 is 66.3. The Kier molecular flexibility index (Phi) is 5.72. The van der Waals surface area contributed by atoms with Gasteiger partial charge >= 0.3 is 11.5 Å². The highest BCUT2D eigenvalue weighted by Gasteiger charge is 2.49. The van der Waals surface area contributed by atoms with Gasteiger partial charge < -0.3 is 15.0 Å². The Labute approximate surface area is 197 Å². The lowest BCUT2D eigenvalue weighted by molar-refractivity contribution is -0.122. The van der Waals surface area contributed by atoms with Crippen LogP contribution in [0, 0.1) is 11.8 Å². The summed E-state index contributed by atoms with van der Waals surface area (Å²) in [6, 6.07) is 7.66. The Morgan fingerprint density at radius 3 is 2.37 bits per heavy atom. The molecule has 0 bridgehead atoms. The fraction of sp³-hybridized carbons (Fsp3) is 0.227. The van der Waals surface area contributed by atoms with Crippen molar-refractivity contribution in [2.45, 2.75) is 22.5 Å². The number of fused-ring (bicyclic) bond motifs is 1. The number of methoxy groups -OCH3 is 1. The minimum Gasteiger partial charge on any atom is -0.497 e. The number of nitrogens with zero attached hydrogens (tertiary/aromatic N) is 1. The molecule has 2 heterocycles. The highest BCUT2D eigenvalue weighted by Crippen LogP contribution is 2.31. The maximum absolute atomic E-state index is 12.9. The van der Waals surface area contributed by atoms with Crippen molar-refractivity contribution in [1.82, 2.24) is 15.5 Å². The molecule has 9 nitrogen and oxygen atoms in total. The third-order valence-electron chi connectivity index (χ3n) is 5.46. The highest BCUT2D eigenvalue weighted by molar-refractivity contribution is 7.92. The number of rotatable bonds is 4. The Morgan fingerprint density at radius 2 is 1.80 bits per heavy atom. The van der Waals surface area contributed by atoms with E-state index in [0.29, 0.717) is 16.9 Å². The molecule has 35 heavy (non-hydrogen) atoms. The quantitative estimate of drug-likeness (QED) is 0.479. The monoisotopic (exact) mass is 507 g/mol. The third kappa shape index (κ3) is 4.28. The molecule has 13 heteroatoms. The summed E-state index contributed by atoms with van der Waals surface area (Å²) in [7, 11) is -4.08. The topological polar surface area (TPSA) is 122 Å². The van der Waals surface area contributed by atoms with E-state index in [1.807, 2.05) is 0 Å². The number of hydrogen-bond donors (Lipinski definition) is 2. The van der Waals surface area contributed by atoms with E-state index in [9.17, 15) is 36.0 Å². The summed E-state index contributed by atoms with van der Waals surface area (Å²) in [5.41, 5.74) is -6.15. The average Bonchev–Trinajstić information content (AvgIpc) is 3.26. The molecule has 1 atom stereocenters. The first-order chi connectivity index (χ1) is 16.4. The van der Waals surface area contributed by atoms with Crippen LogP contribution in [0.4, 0.5) is 18.0 Å². The van der Waals surface area contributed by atoms with Crippen LogP contribution in [-0.2, 0) is 21.2 Å². The first kappa shape index (κ1) is 24.1. The summed E-state index contributed by atoms with van der Waals surface area (Å²) in [6.07, 6.45) is 0. The van der Waals surface area contributed by atoms with Gasteiger partial charge in [-0.3, -0.25) is 14.9 Å². The summed E-state index contributed by atoms with van der Waals surface area (Å²) in [4.78, 5) is 37.8. The van der Waals surface area contributed by atoms with Crippen LogP contribution in [-0.4, -0.2) is 55.9 Å². The van der Waals surface area contributed by atoms with Crippen LogP contribution in [0.5, 0.6) is 5.75 Å². The van der Waals surface area contributed by atoms with Gasteiger partial charge in [0, 0.05) is 17.7 Å². The number of alkyl halides is 3. The number of hydrogen-bond acceptors (Lipinski definition) is 6. The maximum Gasteiger partial charge on any atom is 0.501 e. The van der Waals surface area contributed by atoms with E-state index in [0.717, 1.165) is 24.3 Å². The molecule has 0 aliphatic carbocycles. The average molecular weight is 507 g/mol. The lowest BCUT2D eigenvalue weighted by atomic mass is 9.99. The fourth-order valence-corrected chi connectivity index (χ4v) is 4.40. The van der Waals surface area contributed by atoms with Gasteiger partial charge in [-0.2, -0.15) is 13.2 Å². The van der Waals surface area contributed by atoms with Gasteiger partial charge in [0.2, 0.25) is 5.54 Å². The highest BCUT2D eigenvalue weighted by atomic mass is 32.2. The number of nitrogens with one attached hydrogen (secondary N) is 2. The minimum absolute atomic E-state index is 0.0835. The van der Waals surface area contributed by atoms with Crippen LogP contribution in [0.2, 0.25) is 0 Å². The summed E-state index contributed by atoms with van der Waals surface area (Å²) in [5, 5.41) is 4.47. The number of imide groups is 1. The van der Waals surface area contributed by atoms with Crippen molar-refractivity contribution in [2.24, 2.45) is 0 Å². The molecule has 4 amide bonds. The Balaban J connectivity index is 1.62. The second-order valence-corrected chi connectivity index (χ2v) is 9.66. The van der Waals surface area contributed by atoms with Crippen molar-refractivity contribution < 1.29 is 40.7 Å². The molecule has 2 N–H and O–H groups in total. The van der Waals surface area contributed by atoms with E-state index in [-0.39, 0.29) is 18.7 Å². The summed E-state index contributed by atoms with van der Waals surface area (Å²) in [5.74, 6) is 4.41. The van der Waals surface area contributed by atoms with E-state index >= 15 is 0 Å². The van der Waals surface area contributed by atoms with Crippen LogP contribution in [0.1, 0.15) is 21.5 Å². The van der Waals surface area contributed by atoms with Gasteiger partial charge in [-0.1, -0.05) is 17.9 Å². The molecule has 4 rings (SSSR count). The number of carbonyl (C=O) groups is 3. The van der Waals surface area contributed by atoms with Gasteiger partial charge in [0.25, 0.3) is 21.7 Å². The number of carbonyl (C=O) groups excluding carboxylic acids is 3. The molecule has 1 saturated heterocycles. The Morgan fingerprint density at radius 1 is 1.11 bits per heavy atom. The molecule has 0 aromatic heterocycles. The van der Waals surface area contributed by atoms with Crippen molar-refractivity contribution in [3.8, 4) is 17.6 Å². The van der Waals surface area contributed by atoms with Crippen LogP contribution in [0.3, 0.4) is 0 Å². The van der Waals surface area contributed by atoms with Crippen LogP contribution >= 0.6 is 0 Å². The van der Waals surface area contributed by atoms with Crippen LogP contribution in [0.15, 0.2) is 47.4 Å². The molecule has 2 aliphatic heterocycles. The van der Waals surface area contributed by atoms with Crippen molar-refractivity contribution in [1.29, 1.82) is 0 Å². The number of halogens is 3. The van der Waals surface area contributed by atoms with Gasteiger partial charge in [0.15, 0.2) is 0 Å². The van der Waals surface area contributed by atoms with Crippen LogP contribution < -0.4 is 15.4 Å². The maximum atomic E-state index is 12.9. The predicted molar refractivity (Wildman–Crippen MR) is 114 cm³/mol. The van der Waals surface area contributed by atoms with Crippen molar-refractivity contribution in [3.63, 3.8) is 0 Å². The van der Waals surface area contributed by atoms with Crippen LogP contribution in [0.25, 0.3) is 0 Å².